The number of rotatable bonds is 2. The zero-order valence-electron chi connectivity index (χ0n) is 12.0. The third kappa shape index (κ3) is 2.59. The third-order valence-corrected chi connectivity index (χ3v) is 3.88. The minimum atomic E-state index is -1.37. The Morgan fingerprint density at radius 1 is 1.22 bits per heavy atom. The van der Waals surface area contributed by atoms with Crippen LogP contribution in [0.25, 0.3) is 16.6 Å². The fraction of sp³-hybridized carbons (Fsp3) is 0.0588. The number of aromatic nitrogens is 1. The normalized spacial score (nSPS) is 10.9. The highest BCUT2D eigenvalue weighted by Crippen LogP contribution is 2.24. The summed E-state index contributed by atoms with van der Waals surface area (Å²) in [7, 11) is 0. The Labute approximate surface area is 135 Å². The van der Waals surface area contributed by atoms with Crippen molar-refractivity contribution in [2.24, 2.45) is 0 Å². The van der Waals surface area contributed by atoms with Crippen LogP contribution in [0.3, 0.4) is 0 Å². The summed E-state index contributed by atoms with van der Waals surface area (Å²) in [6.45, 7) is 1.92. The average molecular weight is 332 g/mol. The Hall–Kier alpha value is -2.66. The number of benzene rings is 2. The molecule has 0 atom stereocenters. The van der Waals surface area contributed by atoms with E-state index in [-0.39, 0.29) is 10.4 Å². The van der Waals surface area contributed by atoms with Crippen LogP contribution in [0.5, 0.6) is 0 Å². The van der Waals surface area contributed by atoms with Crippen molar-refractivity contribution in [3.63, 3.8) is 0 Å². The van der Waals surface area contributed by atoms with Gasteiger partial charge in [0.15, 0.2) is 0 Å². The number of hydrogen-bond donors (Lipinski definition) is 1. The second-order valence-corrected chi connectivity index (χ2v) is 5.57. The van der Waals surface area contributed by atoms with Gasteiger partial charge in [0.2, 0.25) is 5.43 Å². The zero-order valence-corrected chi connectivity index (χ0v) is 12.8. The van der Waals surface area contributed by atoms with Gasteiger partial charge in [-0.15, -0.1) is 0 Å². The molecule has 23 heavy (non-hydrogen) atoms. The number of carboxylic acid groups (broad SMARTS) is 1. The van der Waals surface area contributed by atoms with Crippen molar-refractivity contribution < 1.29 is 14.3 Å². The van der Waals surface area contributed by atoms with Gasteiger partial charge in [-0.1, -0.05) is 29.3 Å². The summed E-state index contributed by atoms with van der Waals surface area (Å²) < 4.78 is 15.2. The van der Waals surface area contributed by atoms with Gasteiger partial charge in [-0.2, -0.15) is 0 Å². The number of nitrogens with zero attached hydrogens (tertiary/aromatic N) is 1. The number of carboxylic acids is 1. The van der Waals surface area contributed by atoms with E-state index in [1.54, 1.807) is 12.1 Å². The van der Waals surface area contributed by atoms with Gasteiger partial charge in [0.1, 0.15) is 11.4 Å². The standard InChI is InChI=1S/C17H11ClFNO3/c1-9-2-4-10(5-3-9)20-8-12(17(22)23)16(21)11-6-14(19)13(18)7-15(11)20/h2-8H,1H3,(H,22,23). The summed E-state index contributed by atoms with van der Waals surface area (Å²) in [5.41, 5.74) is 0.842. The van der Waals surface area contributed by atoms with Crippen LogP contribution < -0.4 is 5.43 Å². The monoisotopic (exact) mass is 331 g/mol. The van der Waals surface area contributed by atoms with E-state index in [9.17, 15) is 19.1 Å². The average Bonchev–Trinajstić information content (AvgIpc) is 2.50. The summed E-state index contributed by atoms with van der Waals surface area (Å²) in [5.74, 6) is -2.14. The molecule has 0 aliphatic carbocycles. The summed E-state index contributed by atoms with van der Waals surface area (Å²) >= 11 is 5.82. The second-order valence-electron chi connectivity index (χ2n) is 5.17. The minimum Gasteiger partial charge on any atom is -0.477 e. The minimum absolute atomic E-state index is 0.0348. The molecule has 3 rings (SSSR count). The molecule has 0 saturated heterocycles. The van der Waals surface area contributed by atoms with Gasteiger partial charge in [-0.05, 0) is 31.2 Å². The lowest BCUT2D eigenvalue weighted by molar-refractivity contribution is 0.0695. The van der Waals surface area contributed by atoms with E-state index in [1.807, 2.05) is 19.1 Å². The molecule has 0 aliphatic rings. The van der Waals surface area contributed by atoms with Gasteiger partial charge in [0.05, 0.1) is 10.5 Å². The topological polar surface area (TPSA) is 59.3 Å². The number of hydrogen-bond acceptors (Lipinski definition) is 2. The molecular formula is C17H11ClFNO3. The van der Waals surface area contributed by atoms with Crippen LogP contribution >= 0.6 is 11.6 Å². The molecule has 1 N–H and O–H groups in total. The SMILES string of the molecule is Cc1ccc(-n2cc(C(=O)O)c(=O)c3cc(F)c(Cl)cc32)cc1. The van der Waals surface area contributed by atoms with Gasteiger partial charge < -0.3 is 9.67 Å². The molecule has 116 valence electrons. The fourth-order valence-electron chi connectivity index (χ4n) is 2.39. The molecule has 0 saturated carbocycles. The van der Waals surface area contributed by atoms with Crippen molar-refractivity contribution in [3.8, 4) is 5.69 Å². The Morgan fingerprint density at radius 3 is 2.48 bits per heavy atom. The van der Waals surface area contributed by atoms with E-state index in [0.717, 1.165) is 11.6 Å². The number of fused-ring (bicyclic) bond motifs is 1. The predicted molar refractivity (Wildman–Crippen MR) is 86.2 cm³/mol. The Kier molecular flexibility index (Phi) is 3.66. The van der Waals surface area contributed by atoms with Crippen LogP contribution in [0.1, 0.15) is 15.9 Å². The summed E-state index contributed by atoms with van der Waals surface area (Å²) in [6, 6.07) is 9.55. The Bertz CT molecular complexity index is 993. The number of halogens is 2. The first-order valence-corrected chi connectivity index (χ1v) is 7.11. The highest BCUT2D eigenvalue weighted by atomic mass is 35.5. The van der Waals surface area contributed by atoms with Crippen LogP contribution in [0, 0.1) is 12.7 Å². The number of pyridine rings is 1. The first kappa shape index (κ1) is 15.2. The smallest absolute Gasteiger partial charge is 0.341 e. The van der Waals surface area contributed by atoms with E-state index in [1.165, 1.54) is 16.8 Å². The first-order chi connectivity index (χ1) is 10.9. The highest BCUT2D eigenvalue weighted by molar-refractivity contribution is 6.31. The van der Waals surface area contributed by atoms with Crippen molar-refractivity contribution in [2.75, 3.05) is 0 Å². The van der Waals surface area contributed by atoms with Gasteiger partial charge in [-0.3, -0.25) is 4.79 Å². The first-order valence-electron chi connectivity index (χ1n) is 6.73. The summed E-state index contributed by atoms with van der Waals surface area (Å²) in [5, 5.41) is 9.06. The summed E-state index contributed by atoms with van der Waals surface area (Å²) in [6.07, 6.45) is 1.23. The molecule has 2 aromatic carbocycles. The van der Waals surface area contributed by atoms with Gasteiger partial charge in [0, 0.05) is 17.3 Å². The van der Waals surface area contributed by atoms with Crippen molar-refractivity contribution in [1.82, 2.24) is 4.57 Å². The van der Waals surface area contributed by atoms with Crippen molar-refractivity contribution in [1.29, 1.82) is 0 Å². The molecule has 0 fully saturated rings. The number of carbonyl (C=O) groups is 1. The largest absolute Gasteiger partial charge is 0.477 e. The maximum absolute atomic E-state index is 13.7. The molecule has 0 radical (unpaired) electrons. The molecule has 0 amide bonds. The second kappa shape index (κ2) is 5.52. The maximum atomic E-state index is 13.7. The van der Waals surface area contributed by atoms with Crippen LogP contribution in [0.15, 0.2) is 47.4 Å². The van der Waals surface area contributed by atoms with Gasteiger partial charge in [0.25, 0.3) is 0 Å². The molecule has 1 heterocycles. The molecule has 0 unspecified atom stereocenters. The molecule has 0 spiro atoms. The lowest BCUT2D eigenvalue weighted by Gasteiger charge is -2.13. The molecule has 4 nitrogen and oxygen atoms in total. The fourth-order valence-corrected chi connectivity index (χ4v) is 2.55. The van der Waals surface area contributed by atoms with E-state index in [0.29, 0.717) is 11.2 Å². The maximum Gasteiger partial charge on any atom is 0.341 e. The highest BCUT2D eigenvalue weighted by Gasteiger charge is 2.17. The lowest BCUT2D eigenvalue weighted by Crippen LogP contribution is -2.18. The zero-order chi connectivity index (χ0) is 16.7. The summed E-state index contributed by atoms with van der Waals surface area (Å²) in [4.78, 5) is 23.6. The van der Waals surface area contributed by atoms with Crippen molar-refractivity contribution in [3.05, 3.63) is 74.8 Å². The van der Waals surface area contributed by atoms with Crippen LogP contribution in [-0.4, -0.2) is 15.6 Å². The molecule has 6 heteroatoms. The molecule has 0 bridgehead atoms. The quantitative estimate of drug-likeness (QED) is 0.777. The molecular weight excluding hydrogens is 321 g/mol. The van der Waals surface area contributed by atoms with Crippen LogP contribution in [0.4, 0.5) is 4.39 Å². The Balaban J connectivity index is 2.46. The van der Waals surface area contributed by atoms with E-state index >= 15 is 0 Å². The number of aryl methyl sites for hydroxylation is 1. The predicted octanol–water partition coefficient (Wildman–Crippen LogP) is 3.79. The molecule has 3 aromatic rings. The van der Waals surface area contributed by atoms with E-state index in [2.05, 4.69) is 0 Å². The third-order valence-electron chi connectivity index (χ3n) is 3.59. The van der Waals surface area contributed by atoms with Crippen LogP contribution in [0.2, 0.25) is 5.02 Å². The van der Waals surface area contributed by atoms with Gasteiger partial charge >= 0.3 is 5.97 Å². The van der Waals surface area contributed by atoms with Crippen molar-refractivity contribution >= 4 is 28.5 Å². The van der Waals surface area contributed by atoms with Crippen LogP contribution in [-0.2, 0) is 0 Å². The molecule has 0 aliphatic heterocycles. The van der Waals surface area contributed by atoms with E-state index < -0.39 is 22.8 Å². The lowest BCUT2D eigenvalue weighted by atomic mass is 10.1. The van der Waals surface area contributed by atoms with E-state index in [4.69, 9.17) is 11.6 Å². The Morgan fingerprint density at radius 2 is 1.87 bits per heavy atom. The molecule has 1 aromatic heterocycles. The van der Waals surface area contributed by atoms with Gasteiger partial charge in [-0.25, -0.2) is 9.18 Å². The van der Waals surface area contributed by atoms with Crippen molar-refractivity contribution in [2.45, 2.75) is 6.92 Å². The number of aromatic carboxylic acids is 1.